The lowest BCUT2D eigenvalue weighted by molar-refractivity contribution is -0.914. The van der Waals surface area contributed by atoms with Crippen molar-refractivity contribution in [3.63, 3.8) is 0 Å². The van der Waals surface area contributed by atoms with Crippen LogP contribution in [0.4, 0.5) is 10.3 Å². The van der Waals surface area contributed by atoms with E-state index in [1.807, 2.05) is 6.07 Å². The van der Waals surface area contributed by atoms with E-state index in [1.54, 1.807) is 35.9 Å². The third kappa shape index (κ3) is 4.78. The Balaban J connectivity index is 1.25. The van der Waals surface area contributed by atoms with E-state index in [4.69, 9.17) is 4.74 Å². The van der Waals surface area contributed by atoms with Gasteiger partial charge in [0.2, 0.25) is 5.95 Å². The molecular formula is C19H21FN5OS+. The van der Waals surface area contributed by atoms with Crippen LogP contribution in [0.1, 0.15) is 10.7 Å². The highest BCUT2D eigenvalue weighted by molar-refractivity contribution is 7.09. The molecule has 0 spiro atoms. The summed E-state index contributed by atoms with van der Waals surface area (Å²) in [6, 6.07) is 7.89. The van der Waals surface area contributed by atoms with E-state index in [0.717, 1.165) is 49.4 Å². The van der Waals surface area contributed by atoms with Gasteiger partial charge in [-0.3, -0.25) is 0 Å². The Morgan fingerprint density at radius 3 is 2.59 bits per heavy atom. The summed E-state index contributed by atoms with van der Waals surface area (Å²) in [7, 11) is 0. The summed E-state index contributed by atoms with van der Waals surface area (Å²) in [4.78, 5) is 17.1. The number of piperazine rings is 1. The van der Waals surface area contributed by atoms with Gasteiger partial charge in [0, 0.05) is 17.8 Å². The molecule has 0 bridgehead atoms. The zero-order valence-corrected chi connectivity index (χ0v) is 15.7. The summed E-state index contributed by atoms with van der Waals surface area (Å²) in [6.45, 7) is 5.30. The topological polar surface area (TPSA) is 55.6 Å². The normalized spacial score (nSPS) is 15.1. The quantitative estimate of drug-likeness (QED) is 0.697. The van der Waals surface area contributed by atoms with Gasteiger partial charge in [0.05, 0.1) is 26.2 Å². The van der Waals surface area contributed by atoms with Crippen LogP contribution in [-0.2, 0) is 13.2 Å². The van der Waals surface area contributed by atoms with Gasteiger partial charge < -0.3 is 14.5 Å². The molecule has 2 aromatic heterocycles. The Kier molecular flexibility index (Phi) is 5.55. The summed E-state index contributed by atoms with van der Waals surface area (Å²) in [5, 5.41) is 3.04. The number of quaternary nitrogens is 1. The predicted molar refractivity (Wildman–Crippen MR) is 101 cm³/mol. The number of hydrogen-bond donors (Lipinski definition) is 1. The van der Waals surface area contributed by atoms with Crippen LogP contribution in [0, 0.1) is 5.82 Å². The van der Waals surface area contributed by atoms with E-state index < -0.39 is 0 Å². The van der Waals surface area contributed by atoms with Crippen LogP contribution in [0.25, 0.3) is 0 Å². The van der Waals surface area contributed by atoms with E-state index in [2.05, 4.69) is 25.2 Å². The maximum absolute atomic E-state index is 12.9. The molecule has 0 atom stereocenters. The van der Waals surface area contributed by atoms with Crippen molar-refractivity contribution in [2.75, 3.05) is 31.1 Å². The molecule has 1 N–H and O–H groups in total. The highest BCUT2D eigenvalue weighted by Gasteiger charge is 2.22. The van der Waals surface area contributed by atoms with Crippen molar-refractivity contribution in [3.8, 4) is 5.75 Å². The molecule has 3 aromatic rings. The highest BCUT2D eigenvalue weighted by Crippen LogP contribution is 2.16. The van der Waals surface area contributed by atoms with Crippen LogP contribution < -0.4 is 14.5 Å². The van der Waals surface area contributed by atoms with Crippen LogP contribution in [0.2, 0.25) is 0 Å². The zero-order chi connectivity index (χ0) is 18.5. The number of benzene rings is 1. The summed E-state index contributed by atoms with van der Waals surface area (Å²) in [6.07, 6.45) is 3.57. The molecule has 3 heterocycles. The zero-order valence-electron chi connectivity index (χ0n) is 14.8. The molecule has 1 aliphatic heterocycles. The fourth-order valence-electron chi connectivity index (χ4n) is 3.08. The van der Waals surface area contributed by atoms with Gasteiger partial charge in [0.15, 0.2) is 0 Å². The lowest BCUT2D eigenvalue weighted by Gasteiger charge is -2.31. The molecule has 0 amide bonds. The molecule has 4 rings (SSSR count). The van der Waals surface area contributed by atoms with Crippen molar-refractivity contribution < 1.29 is 14.0 Å². The van der Waals surface area contributed by atoms with Gasteiger partial charge in [0.1, 0.15) is 35.4 Å². The first kappa shape index (κ1) is 17.8. The molecule has 6 nitrogen and oxygen atoms in total. The highest BCUT2D eigenvalue weighted by atomic mass is 32.1. The number of rotatable bonds is 6. The summed E-state index contributed by atoms with van der Waals surface area (Å²) in [5.41, 5.74) is 1.09. The second kappa shape index (κ2) is 8.41. The van der Waals surface area contributed by atoms with Crippen LogP contribution >= 0.6 is 11.3 Å². The summed E-state index contributed by atoms with van der Waals surface area (Å²) in [5.74, 6) is 1.20. The van der Waals surface area contributed by atoms with Crippen LogP contribution in [0.5, 0.6) is 5.75 Å². The third-order valence-corrected chi connectivity index (χ3v) is 5.38. The van der Waals surface area contributed by atoms with Crippen LogP contribution in [-0.4, -0.2) is 41.1 Å². The molecular weight excluding hydrogens is 365 g/mol. The summed E-state index contributed by atoms with van der Waals surface area (Å²) < 4.78 is 18.6. The van der Waals surface area contributed by atoms with E-state index in [0.29, 0.717) is 12.4 Å². The molecule has 0 aliphatic carbocycles. The van der Waals surface area contributed by atoms with Crippen molar-refractivity contribution in [1.29, 1.82) is 0 Å². The van der Waals surface area contributed by atoms with Gasteiger partial charge >= 0.3 is 0 Å². The molecule has 27 heavy (non-hydrogen) atoms. The Bertz CT molecular complexity index is 850. The lowest BCUT2D eigenvalue weighted by atomic mass is 10.3. The molecule has 140 valence electrons. The average molecular weight is 386 g/mol. The van der Waals surface area contributed by atoms with Gasteiger partial charge in [0.25, 0.3) is 0 Å². The predicted octanol–water partition coefficient (Wildman–Crippen LogP) is 1.56. The van der Waals surface area contributed by atoms with Crippen molar-refractivity contribution >= 4 is 17.3 Å². The minimum atomic E-state index is -0.263. The van der Waals surface area contributed by atoms with E-state index >= 15 is 0 Å². The van der Waals surface area contributed by atoms with E-state index in [1.165, 1.54) is 17.0 Å². The third-order valence-electron chi connectivity index (χ3n) is 4.51. The van der Waals surface area contributed by atoms with Crippen LogP contribution in [0.3, 0.4) is 0 Å². The number of thiazole rings is 1. The first-order valence-electron chi connectivity index (χ1n) is 8.93. The molecule has 1 saturated heterocycles. The van der Waals surface area contributed by atoms with Crippen molar-refractivity contribution in [2.24, 2.45) is 0 Å². The number of halogens is 1. The Labute approximate surface area is 161 Å². The number of hydrogen-bond acceptors (Lipinski definition) is 6. The van der Waals surface area contributed by atoms with Gasteiger partial charge in [-0.1, -0.05) is 0 Å². The maximum Gasteiger partial charge on any atom is 0.225 e. The van der Waals surface area contributed by atoms with Gasteiger partial charge in [-0.25, -0.2) is 19.3 Å². The van der Waals surface area contributed by atoms with Gasteiger partial charge in [-0.05, 0) is 30.3 Å². The van der Waals surface area contributed by atoms with Gasteiger partial charge in [-0.15, -0.1) is 11.3 Å². The Morgan fingerprint density at radius 1 is 1.11 bits per heavy atom. The van der Waals surface area contributed by atoms with E-state index in [-0.39, 0.29) is 5.82 Å². The first-order chi connectivity index (χ1) is 13.3. The first-order valence-corrected chi connectivity index (χ1v) is 9.81. The molecule has 0 unspecified atom stereocenters. The second-order valence-electron chi connectivity index (χ2n) is 6.44. The van der Waals surface area contributed by atoms with Crippen molar-refractivity contribution in [1.82, 2.24) is 15.0 Å². The summed E-state index contributed by atoms with van der Waals surface area (Å²) >= 11 is 1.60. The van der Waals surface area contributed by atoms with E-state index in [9.17, 15) is 4.39 Å². The Morgan fingerprint density at radius 2 is 1.85 bits per heavy atom. The molecule has 1 aliphatic rings. The maximum atomic E-state index is 12.9. The number of ether oxygens (including phenoxy) is 1. The second-order valence-corrected chi connectivity index (χ2v) is 7.38. The lowest BCUT2D eigenvalue weighted by Crippen LogP contribution is -3.13. The number of nitrogens with zero attached hydrogens (tertiary/aromatic N) is 4. The Hall–Kier alpha value is -2.58. The fraction of sp³-hybridized carbons (Fsp3) is 0.316. The minimum Gasteiger partial charge on any atom is -0.486 e. The molecule has 1 fully saturated rings. The molecule has 1 aromatic carbocycles. The smallest absolute Gasteiger partial charge is 0.225 e. The van der Waals surface area contributed by atoms with Crippen molar-refractivity contribution in [3.05, 3.63) is 64.6 Å². The molecule has 0 saturated carbocycles. The standard InChI is InChI=1S/C19H20FN5OS/c20-15-2-4-17(5-3-15)26-13-18-23-16(14-27-18)12-24-8-10-25(11-9-24)19-21-6-1-7-22-19/h1-7,14H,8-13H2/p+1. The average Bonchev–Trinajstić information content (AvgIpc) is 3.16. The number of anilines is 1. The SMILES string of the molecule is Fc1ccc(OCc2nc(C[NH+]3CCN(c4ncccn4)CC3)cs2)cc1. The van der Waals surface area contributed by atoms with Crippen LogP contribution in [0.15, 0.2) is 48.1 Å². The largest absolute Gasteiger partial charge is 0.486 e. The number of nitrogens with one attached hydrogen (secondary N) is 1. The minimum absolute atomic E-state index is 0.263. The van der Waals surface area contributed by atoms with Gasteiger partial charge in [-0.2, -0.15) is 0 Å². The number of aromatic nitrogens is 3. The molecule has 8 heteroatoms. The fourth-order valence-corrected chi connectivity index (χ4v) is 3.79. The van der Waals surface area contributed by atoms with Crippen molar-refractivity contribution in [2.45, 2.75) is 13.2 Å². The monoisotopic (exact) mass is 386 g/mol. The molecule has 0 radical (unpaired) electrons.